The minimum atomic E-state index is -0.209. The van der Waals surface area contributed by atoms with E-state index in [1.807, 2.05) is 6.07 Å². The second-order valence-electron chi connectivity index (χ2n) is 6.31. The van der Waals surface area contributed by atoms with Gasteiger partial charge in [-0.25, -0.2) is 9.38 Å². The summed E-state index contributed by atoms with van der Waals surface area (Å²) in [6, 6.07) is 7.27. The molecule has 1 saturated heterocycles. The van der Waals surface area contributed by atoms with Gasteiger partial charge in [-0.2, -0.15) is 0 Å². The van der Waals surface area contributed by atoms with Crippen LogP contribution in [0.4, 0.5) is 4.39 Å². The van der Waals surface area contributed by atoms with Crippen molar-refractivity contribution in [3.8, 4) is 0 Å². The van der Waals surface area contributed by atoms with E-state index in [-0.39, 0.29) is 11.9 Å². The number of nitrogens with zero attached hydrogens (tertiary/aromatic N) is 2. The molecule has 2 N–H and O–H groups in total. The number of rotatable bonds is 5. The molecule has 1 atom stereocenters. The lowest BCUT2D eigenvalue weighted by molar-refractivity contribution is -0.0161. The zero-order valence-electron chi connectivity index (χ0n) is 13.6. The molecular formula is C17H25FN4O. The van der Waals surface area contributed by atoms with Gasteiger partial charge in [-0.05, 0) is 26.0 Å². The molecule has 1 aliphatic carbocycles. The maximum atomic E-state index is 13.7. The Labute approximate surface area is 136 Å². The Bertz CT molecular complexity index is 547. The molecule has 6 heteroatoms. The van der Waals surface area contributed by atoms with Crippen molar-refractivity contribution in [2.75, 3.05) is 33.3 Å². The zero-order valence-corrected chi connectivity index (χ0v) is 13.6. The van der Waals surface area contributed by atoms with Crippen LogP contribution < -0.4 is 10.6 Å². The van der Waals surface area contributed by atoms with Crippen LogP contribution in [0.1, 0.15) is 18.4 Å². The molecule has 0 radical (unpaired) electrons. The smallest absolute Gasteiger partial charge is 0.191 e. The minimum Gasteiger partial charge on any atom is -0.374 e. The third-order valence-electron chi connectivity index (χ3n) is 4.12. The summed E-state index contributed by atoms with van der Waals surface area (Å²) in [6.45, 7) is 3.70. The van der Waals surface area contributed by atoms with Crippen molar-refractivity contribution in [2.24, 2.45) is 4.99 Å². The van der Waals surface area contributed by atoms with Gasteiger partial charge in [0.05, 0.1) is 19.3 Å². The van der Waals surface area contributed by atoms with E-state index in [1.54, 1.807) is 12.1 Å². The number of morpholine rings is 1. The summed E-state index contributed by atoms with van der Waals surface area (Å²) in [5, 5.41) is 6.71. The van der Waals surface area contributed by atoms with Crippen molar-refractivity contribution in [1.29, 1.82) is 0 Å². The molecule has 1 saturated carbocycles. The summed E-state index contributed by atoms with van der Waals surface area (Å²) in [4.78, 5) is 6.79. The first kappa shape index (κ1) is 16.2. The van der Waals surface area contributed by atoms with Crippen molar-refractivity contribution < 1.29 is 9.13 Å². The number of benzene rings is 1. The molecule has 0 bridgehead atoms. The van der Waals surface area contributed by atoms with Crippen LogP contribution in [0.5, 0.6) is 0 Å². The van der Waals surface area contributed by atoms with Crippen LogP contribution in [0, 0.1) is 5.82 Å². The first-order valence-corrected chi connectivity index (χ1v) is 8.29. The predicted molar refractivity (Wildman–Crippen MR) is 88.9 cm³/mol. The summed E-state index contributed by atoms with van der Waals surface area (Å²) in [5.41, 5.74) is 0.609. The number of halogens is 1. The normalized spacial score (nSPS) is 22.9. The van der Waals surface area contributed by atoms with E-state index >= 15 is 0 Å². The van der Waals surface area contributed by atoms with Gasteiger partial charge < -0.3 is 20.3 Å². The molecule has 1 aliphatic heterocycles. The Kier molecular flexibility index (Phi) is 5.46. The predicted octanol–water partition coefficient (Wildman–Crippen LogP) is 1.35. The van der Waals surface area contributed by atoms with Gasteiger partial charge in [-0.15, -0.1) is 0 Å². The van der Waals surface area contributed by atoms with Crippen molar-refractivity contribution in [3.63, 3.8) is 0 Å². The third-order valence-corrected chi connectivity index (χ3v) is 4.12. The first-order chi connectivity index (χ1) is 11.2. The highest BCUT2D eigenvalue weighted by Gasteiger charge is 2.23. The molecule has 2 fully saturated rings. The zero-order chi connectivity index (χ0) is 16.1. The lowest BCUT2D eigenvalue weighted by atomic mass is 10.2. The molecule has 0 aromatic heterocycles. The van der Waals surface area contributed by atoms with Crippen molar-refractivity contribution in [1.82, 2.24) is 15.5 Å². The molecule has 126 valence electrons. The molecule has 23 heavy (non-hydrogen) atoms. The molecule has 0 amide bonds. The van der Waals surface area contributed by atoms with Crippen LogP contribution in [-0.4, -0.2) is 56.3 Å². The number of aliphatic imine (C=N–C) groups is 1. The number of guanidine groups is 1. The fourth-order valence-electron chi connectivity index (χ4n) is 2.57. The molecule has 1 unspecified atom stereocenters. The van der Waals surface area contributed by atoms with Gasteiger partial charge in [0.2, 0.25) is 0 Å². The summed E-state index contributed by atoms with van der Waals surface area (Å²) < 4.78 is 19.5. The highest BCUT2D eigenvalue weighted by molar-refractivity contribution is 5.80. The summed E-state index contributed by atoms with van der Waals surface area (Å²) in [7, 11) is 2.10. The molecular weight excluding hydrogens is 295 g/mol. The fraction of sp³-hybridized carbons (Fsp3) is 0.588. The average molecular weight is 320 g/mol. The van der Waals surface area contributed by atoms with Gasteiger partial charge in [0.1, 0.15) is 5.82 Å². The van der Waals surface area contributed by atoms with Crippen LogP contribution in [0.25, 0.3) is 0 Å². The average Bonchev–Trinajstić information content (AvgIpc) is 3.35. The van der Waals surface area contributed by atoms with Crippen LogP contribution >= 0.6 is 0 Å². The number of hydrogen-bond donors (Lipinski definition) is 2. The molecule has 3 rings (SSSR count). The standard InChI is InChI=1S/C17H25FN4O/c1-22-8-9-23-15(12-22)11-20-17(21-14-6-7-14)19-10-13-4-2-3-5-16(13)18/h2-5,14-15H,6-12H2,1H3,(H2,19,20,21). The topological polar surface area (TPSA) is 48.9 Å². The molecule has 1 aromatic carbocycles. The second-order valence-corrected chi connectivity index (χ2v) is 6.31. The largest absolute Gasteiger partial charge is 0.374 e. The Morgan fingerprint density at radius 3 is 2.96 bits per heavy atom. The quantitative estimate of drug-likeness (QED) is 0.635. The number of hydrogen-bond acceptors (Lipinski definition) is 3. The lowest BCUT2D eigenvalue weighted by Crippen LogP contribution is -2.48. The van der Waals surface area contributed by atoms with Gasteiger partial charge in [0.25, 0.3) is 0 Å². The molecule has 5 nitrogen and oxygen atoms in total. The molecule has 2 aliphatic rings. The van der Waals surface area contributed by atoms with E-state index in [9.17, 15) is 4.39 Å². The van der Waals surface area contributed by atoms with Crippen molar-refractivity contribution in [2.45, 2.75) is 31.5 Å². The summed E-state index contributed by atoms with van der Waals surface area (Å²) in [6.07, 6.45) is 2.50. The van der Waals surface area contributed by atoms with Crippen molar-refractivity contribution in [3.05, 3.63) is 35.6 Å². The highest BCUT2D eigenvalue weighted by Crippen LogP contribution is 2.18. The molecule has 0 spiro atoms. The Morgan fingerprint density at radius 1 is 1.39 bits per heavy atom. The monoisotopic (exact) mass is 320 g/mol. The van der Waals surface area contributed by atoms with E-state index in [0.717, 1.165) is 25.7 Å². The number of nitrogens with one attached hydrogen (secondary N) is 2. The number of likely N-dealkylation sites (N-methyl/N-ethyl adjacent to an activating group) is 1. The maximum Gasteiger partial charge on any atom is 0.191 e. The Morgan fingerprint density at radius 2 is 2.22 bits per heavy atom. The van der Waals surface area contributed by atoms with Crippen LogP contribution in [0.15, 0.2) is 29.3 Å². The van der Waals surface area contributed by atoms with E-state index in [2.05, 4.69) is 27.6 Å². The minimum absolute atomic E-state index is 0.161. The summed E-state index contributed by atoms with van der Waals surface area (Å²) in [5.74, 6) is 0.534. The van der Waals surface area contributed by atoms with Crippen LogP contribution in [0.3, 0.4) is 0 Å². The van der Waals surface area contributed by atoms with Crippen LogP contribution in [-0.2, 0) is 11.3 Å². The third kappa shape index (κ3) is 5.18. The number of ether oxygens (including phenoxy) is 1. The molecule has 1 aromatic rings. The van der Waals surface area contributed by atoms with Gasteiger partial charge in [-0.3, -0.25) is 0 Å². The van der Waals surface area contributed by atoms with E-state index in [4.69, 9.17) is 4.74 Å². The lowest BCUT2D eigenvalue weighted by Gasteiger charge is -2.30. The molecule has 1 heterocycles. The Hall–Kier alpha value is -1.66. The van der Waals surface area contributed by atoms with Gasteiger partial charge in [-0.1, -0.05) is 18.2 Å². The van der Waals surface area contributed by atoms with Gasteiger partial charge >= 0.3 is 0 Å². The SMILES string of the molecule is CN1CCOC(CNC(=NCc2ccccc2F)NC2CC2)C1. The fourth-order valence-corrected chi connectivity index (χ4v) is 2.57. The summed E-state index contributed by atoms with van der Waals surface area (Å²) >= 11 is 0. The maximum absolute atomic E-state index is 13.7. The second kappa shape index (κ2) is 7.75. The highest BCUT2D eigenvalue weighted by atomic mass is 19.1. The first-order valence-electron chi connectivity index (χ1n) is 8.29. The van der Waals surface area contributed by atoms with E-state index in [0.29, 0.717) is 24.7 Å². The van der Waals surface area contributed by atoms with E-state index < -0.39 is 0 Å². The Balaban J connectivity index is 1.56. The van der Waals surface area contributed by atoms with E-state index in [1.165, 1.54) is 18.9 Å². The van der Waals surface area contributed by atoms with Crippen molar-refractivity contribution >= 4 is 5.96 Å². The van der Waals surface area contributed by atoms with Crippen LogP contribution in [0.2, 0.25) is 0 Å². The van der Waals surface area contributed by atoms with Gasteiger partial charge in [0, 0.05) is 31.2 Å². The van der Waals surface area contributed by atoms with Gasteiger partial charge in [0.15, 0.2) is 5.96 Å².